The summed E-state index contributed by atoms with van der Waals surface area (Å²) in [4.78, 5) is 0. The van der Waals surface area contributed by atoms with Crippen molar-refractivity contribution in [3.8, 4) is 44.5 Å². The number of benzene rings is 8. The smallest absolute Gasteiger partial charge is 0.143 e. The maximum Gasteiger partial charge on any atom is 0.143 e. The summed E-state index contributed by atoms with van der Waals surface area (Å²) >= 11 is 0. The van der Waals surface area contributed by atoms with Gasteiger partial charge in [0.2, 0.25) is 0 Å². The molecule has 45 heavy (non-hydrogen) atoms. The van der Waals surface area contributed by atoms with Crippen LogP contribution < -0.4 is 0 Å². The molecule has 0 amide bonds. The zero-order valence-electron chi connectivity index (χ0n) is 33.8. The molecule has 0 atom stereocenters. The summed E-state index contributed by atoms with van der Waals surface area (Å²) in [5, 5.41) is 2.70. The van der Waals surface area contributed by atoms with Gasteiger partial charge in [-0.3, -0.25) is 0 Å². The zero-order chi connectivity index (χ0) is 38.4. The predicted octanol–water partition coefficient (Wildman–Crippen LogP) is 12.6. The van der Waals surface area contributed by atoms with Gasteiger partial charge in [-0.2, -0.15) is 0 Å². The Morgan fingerprint density at radius 2 is 0.933 bits per heavy atom. The summed E-state index contributed by atoms with van der Waals surface area (Å²) < 4.78 is 97.2. The first-order chi connectivity index (χ1) is 26.5. The third-order valence-electron chi connectivity index (χ3n) is 8.31. The van der Waals surface area contributed by atoms with Gasteiger partial charge in [0.15, 0.2) is 0 Å². The number of hydrogen-bond donors (Lipinski definition) is 0. The Hall–Kier alpha value is -5.92. The minimum atomic E-state index is -0.400. The minimum absolute atomic E-state index is 0.0433. The van der Waals surface area contributed by atoms with Crippen molar-refractivity contribution in [3.63, 3.8) is 0 Å². The van der Waals surface area contributed by atoms with Crippen molar-refractivity contribution in [3.05, 3.63) is 170 Å². The third kappa shape index (κ3) is 4.09. The van der Waals surface area contributed by atoms with E-state index in [1.165, 1.54) is 0 Å². The summed E-state index contributed by atoms with van der Waals surface area (Å²) in [6.45, 7) is 0. The molecule has 0 saturated heterocycles. The fraction of sp³-hybridized carbons (Fsp3) is 0. The molecule has 8 aromatic carbocycles. The average Bonchev–Trinajstić information content (AvgIpc) is 3.60. The molecule has 9 rings (SSSR count). The highest BCUT2D eigenvalue weighted by Gasteiger charge is 2.21. The van der Waals surface area contributed by atoms with Gasteiger partial charge in [0.05, 0.1) is 13.7 Å². The second-order valence-corrected chi connectivity index (χ2v) is 10.8. The first-order valence-electron chi connectivity index (χ1n) is 19.6. The lowest BCUT2D eigenvalue weighted by atomic mass is 9.84. The minimum Gasteiger partial charge on any atom is -0.455 e. The van der Waals surface area contributed by atoms with Gasteiger partial charge in [-0.05, 0) is 72.6 Å². The molecule has 0 fully saturated rings. The molecular formula is C44H28O. The standard InChI is InChI=1S/C44H28O/c1-3-14-29(15-4-1)31-18-11-19-32(28-31)41-34-20-7-9-22-36(34)42(37-23-10-8-21-35(37)41)38-25-13-27-40-43(38)39-26-12-24-33(44(39)45-40)30-16-5-2-6-17-30/h1-28H/i11D,12D,13D,18D,19D,24D,25D,26D,27D,28D. The van der Waals surface area contributed by atoms with Gasteiger partial charge in [-0.25, -0.2) is 0 Å². The molecule has 0 aliphatic carbocycles. The maximum atomic E-state index is 9.52. The molecule has 0 radical (unpaired) electrons. The van der Waals surface area contributed by atoms with Crippen molar-refractivity contribution in [1.29, 1.82) is 0 Å². The Morgan fingerprint density at radius 3 is 1.62 bits per heavy atom. The molecule has 1 heterocycles. The lowest BCUT2D eigenvalue weighted by molar-refractivity contribution is 0.670. The van der Waals surface area contributed by atoms with Crippen LogP contribution in [0.15, 0.2) is 174 Å². The monoisotopic (exact) mass is 582 g/mol. The highest BCUT2D eigenvalue weighted by Crippen LogP contribution is 2.47. The van der Waals surface area contributed by atoms with Crippen molar-refractivity contribution in [2.45, 2.75) is 0 Å². The Kier molecular flexibility index (Phi) is 4.01. The quantitative estimate of drug-likeness (QED) is 0.188. The van der Waals surface area contributed by atoms with Crippen LogP contribution in [0.1, 0.15) is 13.7 Å². The van der Waals surface area contributed by atoms with Gasteiger partial charge in [0, 0.05) is 16.3 Å². The lowest BCUT2D eigenvalue weighted by Crippen LogP contribution is -1.91. The Morgan fingerprint density at radius 1 is 0.400 bits per heavy atom. The fourth-order valence-corrected chi connectivity index (χ4v) is 6.36. The Bertz CT molecular complexity index is 3030. The van der Waals surface area contributed by atoms with E-state index in [-0.39, 0.29) is 98.6 Å². The molecule has 0 spiro atoms. The molecule has 0 N–H and O–H groups in total. The van der Waals surface area contributed by atoms with Gasteiger partial charge in [0.25, 0.3) is 0 Å². The maximum absolute atomic E-state index is 9.52. The Labute approximate surface area is 275 Å². The van der Waals surface area contributed by atoms with E-state index in [1.807, 2.05) is 60.7 Å². The predicted molar refractivity (Wildman–Crippen MR) is 190 cm³/mol. The van der Waals surface area contributed by atoms with Crippen LogP contribution in [-0.4, -0.2) is 0 Å². The molecule has 1 nitrogen and oxygen atoms in total. The van der Waals surface area contributed by atoms with Crippen LogP contribution in [0.3, 0.4) is 0 Å². The summed E-state index contributed by atoms with van der Waals surface area (Å²) in [5.41, 5.74) is 3.11. The van der Waals surface area contributed by atoms with Crippen molar-refractivity contribution in [2.24, 2.45) is 0 Å². The van der Waals surface area contributed by atoms with E-state index in [0.717, 1.165) is 0 Å². The van der Waals surface area contributed by atoms with Gasteiger partial charge < -0.3 is 4.42 Å². The van der Waals surface area contributed by atoms with Crippen LogP contribution in [0.25, 0.3) is 88.0 Å². The van der Waals surface area contributed by atoms with Crippen molar-refractivity contribution in [1.82, 2.24) is 0 Å². The SMILES string of the molecule is [2H]c1c([2H])c(-c2ccccc2)c([2H])c(-c2c3ccccc3c(-c3c([2H])c([2H])c([2H])c4oc5c(-c6ccccc6)c([2H])c([2H])c([2H])c5c34)c3ccccc23)c1[2H]. The van der Waals surface area contributed by atoms with Crippen LogP contribution in [0, 0.1) is 0 Å². The molecule has 1 aromatic heterocycles. The molecule has 0 aliphatic heterocycles. The van der Waals surface area contributed by atoms with Crippen LogP contribution >= 0.6 is 0 Å². The van der Waals surface area contributed by atoms with E-state index < -0.39 is 6.04 Å². The van der Waals surface area contributed by atoms with Gasteiger partial charge in [0.1, 0.15) is 11.2 Å². The first-order valence-corrected chi connectivity index (χ1v) is 14.6. The second kappa shape index (κ2) is 10.4. The highest BCUT2D eigenvalue weighted by molar-refractivity contribution is 6.26. The third-order valence-corrected chi connectivity index (χ3v) is 8.31. The van der Waals surface area contributed by atoms with E-state index in [0.29, 0.717) is 43.8 Å². The van der Waals surface area contributed by atoms with Gasteiger partial charge in [-0.1, -0.05) is 158 Å². The molecule has 9 aromatic rings. The summed E-state index contributed by atoms with van der Waals surface area (Å²) in [7, 11) is 0. The summed E-state index contributed by atoms with van der Waals surface area (Å²) in [6, 6.07) is 29.8. The number of hydrogen-bond acceptors (Lipinski definition) is 1. The first kappa shape index (κ1) is 17.4. The molecule has 0 bridgehead atoms. The van der Waals surface area contributed by atoms with Crippen molar-refractivity contribution in [2.75, 3.05) is 0 Å². The van der Waals surface area contributed by atoms with E-state index in [4.69, 9.17) is 12.6 Å². The Balaban J connectivity index is 1.49. The van der Waals surface area contributed by atoms with Gasteiger partial charge in [-0.15, -0.1) is 0 Å². The van der Waals surface area contributed by atoms with Crippen molar-refractivity contribution < 1.29 is 18.1 Å². The summed E-state index contributed by atoms with van der Waals surface area (Å²) in [6.07, 6.45) is 0. The van der Waals surface area contributed by atoms with Gasteiger partial charge >= 0.3 is 0 Å². The van der Waals surface area contributed by atoms with E-state index in [2.05, 4.69) is 0 Å². The normalized spacial score (nSPS) is 14.7. The molecule has 0 saturated carbocycles. The van der Waals surface area contributed by atoms with E-state index in [1.54, 1.807) is 48.5 Å². The van der Waals surface area contributed by atoms with Crippen LogP contribution in [0.4, 0.5) is 0 Å². The number of furan rings is 1. The molecule has 0 unspecified atom stereocenters. The molecule has 0 aliphatic rings. The number of rotatable bonds is 4. The van der Waals surface area contributed by atoms with Crippen molar-refractivity contribution >= 4 is 43.5 Å². The topological polar surface area (TPSA) is 13.1 Å². The van der Waals surface area contributed by atoms with E-state index >= 15 is 0 Å². The molecule has 210 valence electrons. The fourth-order valence-electron chi connectivity index (χ4n) is 6.36. The summed E-state index contributed by atoms with van der Waals surface area (Å²) in [5.74, 6) is 0. The number of para-hydroxylation sites is 1. The van der Waals surface area contributed by atoms with Crippen LogP contribution in [-0.2, 0) is 0 Å². The van der Waals surface area contributed by atoms with Crippen LogP contribution in [0.2, 0.25) is 0 Å². The molecule has 1 heteroatoms. The zero-order valence-corrected chi connectivity index (χ0v) is 23.8. The number of fused-ring (bicyclic) bond motifs is 5. The lowest BCUT2D eigenvalue weighted by Gasteiger charge is -2.18. The second-order valence-electron chi connectivity index (χ2n) is 10.8. The largest absolute Gasteiger partial charge is 0.455 e. The highest BCUT2D eigenvalue weighted by atomic mass is 16.3. The molecular weight excluding hydrogens is 544 g/mol. The average molecular weight is 583 g/mol. The van der Waals surface area contributed by atoms with E-state index in [9.17, 15) is 5.48 Å². The van der Waals surface area contributed by atoms with Crippen LogP contribution in [0.5, 0.6) is 0 Å².